The number of nitrogens with one attached hydrogen (secondary N) is 1. The summed E-state index contributed by atoms with van der Waals surface area (Å²) in [6, 6.07) is 25.3. The number of anilines is 1. The summed E-state index contributed by atoms with van der Waals surface area (Å²) in [5, 5.41) is 3.05. The van der Waals surface area contributed by atoms with Crippen LogP contribution in [-0.4, -0.2) is 17.4 Å². The molecule has 0 aromatic heterocycles. The number of benzene rings is 3. The van der Waals surface area contributed by atoms with Crippen LogP contribution in [0.1, 0.15) is 40.9 Å². The predicted octanol–water partition coefficient (Wildman–Crippen LogP) is 4.53. The Hall–Kier alpha value is -3.40. The van der Waals surface area contributed by atoms with Gasteiger partial charge in [-0.2, -0.15) is 0 Å². The summed E-state index contributed by atoms with van der Waals surface area (Å²) in [4.78, 5) is 28.6. The second-order valence-electron chi connectivity index (χ2n) is 7.94. The molecule has 0 unspecified atom stereocenters. The van der Waals surface area contributed by atoms with E-state index in [0.29, 0.717) is 18.5 Å². The van der Waals surface area contributed by atoms with Gasteiger partial charge in [0.2, 0.25) is 5.91 Å². The topological polar surface area (TPSA) is 49.4 Å². The number of fused-ring (bicyclic) bond motifs is 1. The smallest absolute Gasteiger partial charge is 0.259 e. The largest absolute Gasteiger partial charge is 0.350 e. The van der Waals surface area contributed by atoms with Crippen molar-refractivity contribution in [3.63, 3.8) is 0 Å². The summed E-state index contributed by atoms with van der Waals surface area (Å²) in [7, 11) is 0. The summed E-state index contributed by atoms with van der Waals surface area (Å²) in [6.07, 6.45) is 1.39. The van der Waals surface area contributed by atoms with Gasteiger partial charge in [0.1, 0.15) is 5.54 Å². The van der Waals surface area contributed by atoms with Crippen molar-refractivity contribution in [2.45, 2.75) is 38.8 Å². The minimum atomic E-state index is -1.02. The molecule has 0 aliphatic carbocycles. The predicted molar refractivity (Wildman–Crippen MR) is 119 cm³/mol. The van der Waals surface area contributed by atoms with Crippen molar-refractivity contribution in [1.82, 2.24) is 5.32 Å². The lowest BCUT2D eigenvalue weighted by molar-refractivity contribution is -0.126. The average molecular weight is 399 g/mol. The quantitative estimate of drug-likeness (QED) is 0.687. The first-order chi connectivity index (χ1) is 14.5. The Morgan fingerprint density at radius 1 is 0.933 bits per heavy atom. The highest BCUT2D eigenvalue weighted by Gasteiger charge is 2.47. The molecular formula is C26H26N2O2. The number of rotatable bonds is 5. The molecule has 0 bridgehead atoms. The van der Waals surface area contributed by atoms with E-state index >= 15 is 0 Å². The fourth-order valence-electron chi connectivity index (χ4n) is 4.11. The first-order valence-corrected chi connectivity index (χ1v) is 10.4. The molecule has 4 heteroatoms. The van der Waals surface area contributed by atoms with E-state index in [0.717, 1.165) is 23.2 Å². The molecule has 4 rings (SSSR count). The van der Waals surface area contributed by atoms with E-state index in [2.05, 4.69) is 12.2 Å². The number of aryl methyl sites for hydroxylation is 1. The van der Waals surface area contributed by atoms with Crippen LogP contribution in [0.4, 0.5) is 5.69 Å². The minimum absolute atomic E-state index is 0.140. The van der Waals surface area contributed by atoms with Crippen molar-refractivity contribution < 1.29 is 9.59 Å². The van der Waals surface area contributed by atoms with Crippen LogP contribution < -0.4 is 10.2 Å². The van der Waals surface area contributed by atoms with Crippen LogP contribution in [0.15, 0.2) is 78.9 Å². The van der Waals surface area contributed by atoms with E-state index in [9.17, 15) is 9.59 Å². The lowest BCUT2D eigenvalue weighted by atomic mass is 9.82. The van der Waals surface area contributed by atoms with E-state index < -0.39 is 5.54 Å². The number of amides is 2. The number of carbonyl (C=O) groups is 2. The Labute approximate surface area is 177 Å². The van der Waals surface area contributed by atoms with Crippen LogP contribution in [0.5, 0.6) is 0 Å². The highest BCUT2D eigenvalue weighted by molar-refractivity contribution is 6.14. The highest BCUT2D eigenvalue weighted by atomic mass is 16.2. The zero-order chi connectivity index (χ0) is 21.1. The summed E-state index contributed by atoms with van der Waals surface area (Å²) in [6.45, 7) is 4.38. The molecule has 1 atom stereocenters. The van der Waals surface area contributed by atoms with Crippen molar-refractivity contribution in [3.05, 3.63) is 101 Å². The van der Waals surface area contributed by atoms with Gasteiger partial charge in [-0.3, -0.25) is 14.5 Å². The Balaban J connectivity index is 1.71. The fraction of sp³-hybridized carbons (Fsp3) is 0.231. The number of hydrogen-bond donors (Lipinski definition) is 1. The van der Waals surface area contributed by atoms with Gasteiger partial charge in [-0.05, 0) is 48.2 Å². The van der Waals surface area contributed by atoms with Gasteiger partial charge in [-0.15, -0.1) is 0 Å². The van der Waals surface area contributed by atoms with Gasteiger partial charge < -0.3 is 5.32 Å². The Morgan fingerprint density at radius 2 is 1.60 bits per heavy atom. The first-order valence-electron chi connectivity index (χ1n) is 10.4. The molecule has 30 heavy (non-hydrogen) atoms. The molecule has 3 aromatic carbocycles. The van der Waals surface area contributed by atoms with Gasteiger partial charge in [-0.1, -0.05) is 67.6 Å². The molecule has 1 N–H and O–H groups in total. The molecule has 1 aliphatic rings. The molecule has 4 nitrogen and oxygen atoms in total. The maximum absolute atomic E-state index is 13.5. The Morgan fingerprint density at radius 3 is 2.30 bits per heavy atom. The van der Waals surface area contributed by atoms with E-state index in [4.69, 9.17) is 0 Å². The minimum Gasteiger partial charge on any atom is -0.350 e. The molecule has 1 aliphatic heterocycles. The standard InChI is InChI=1S/C26H26N2O2/c1-3-19-13-15-22(16-14-19)28-24(29)23-12-8-7-11-21(23)17-26(28,2)25(30)27-18-20-9-5-4-6-10-20/h4-16H,3,17-18H2,1-2H3,(H,27,30)/t26-/m1/s1. The molecule has 0 saturated heterocycles. The molecule has 3 aromatic rings. The molecule has 0 radical (unpaired) electrons. The van der Waals surface area contributed by atoms with Crippen molar-refractivity contribution in [1.29, 1.82) is 0 Å². The van der Waals surface area contributed by atoms with Gasteiger partial charge in [0, 0.05) is 24.2 Å². The van der Waals surface area contributed by atoms with Crippen molar-refractivity contribution in [2.75, 3.05) is 4.90 Å². The zero-order valence-electron chi connectivity index (χ0n) is 17.4. The molecule has 152 valence electrons. The number of carbonyl (C=O) groups excluding carboxylic acids is 2. The molecule has 0 spiro atoms. The van der Waals surface area contributed by atoms with Gasteiger partial charge in [0.25, 0.3) is 5.91 Å². The third kappa shape index (κ3) is 3.61. The van der Waals surface area contributed by atoms with Gasteiger partial charge in [-0.25, -0.2) is 0 Å². The van der Waals surface area contributed by atoms with Crippen LogP contribution in [0.3, 0.4) is 0 Å². The summed E-state index contributed by atoms with van der Waals surface area (Å²) >= 11 is 0. The van der Waals surface area contributed by atoms with Gasteiger partial charge in [0.15, 0.2) is 0 Å². The second-order valence-corrected chi connectivity index (χ2v) is 7.94. The van der Waals surface area contributed by atoms with Crippen LogP contribution in [0, 0.1) is 0 Å². The van der Waals surface area contributed by atoms with E-state index in [1.807, 2.05) is 85.8 Å². The van der Waals surface area contributed by atoms with Crippen LogP contribution in [0.2, 0.25) is 0 Å². The maximum Gasteiger partial charge on any atom is 0.259 e. The van der Waals surface area contributed by atoms with Crippen LogP contribution >= 0.6 is 0 Å². The lowest BCUT2D eigenvalue weighted by Gasteiger charge is -2.44. The van der Waals surface area contributed by atoms with Crippen LogP contribution in [0.25, 0.3) is 0 Å². The fourth-order valence-corrected chi connectivity index (χ4v) is 4.11. The van der Waals surface area contributed by atoms with E-state index in [-0.39, 0.29) is 11.8 Å². The monoisotopic (exact) mass is 398 g/mol. The summed E-state index contributed by atoms with van der Waals surface area (Å²) < 4.78 is 0. The van der Waals surface area contributed by atoms with Crippen molar-refractivity contribution in [2.24, 2.45) is 0 Å². The third-order valence-corrected chi connectivity index (χ3v) is 5.87. The molecule has 2 amide bonds. The lowest BCUT2D eigenvalue weighted by Crippen LogP contribution is -2.63. The molecule has 0 fully saturated rings. The van der Waals surface area contributed by atoms with Crippen molar-refractivity contribution in [3.8, 4) is 0 Å². The molecular weight excluding hydrogens is 372 g/mol. The SMILES string of the molecule is CCc1ccc(N2C(=O)c3ccccc3C[C@]2(C)C(=O)NCc2ccccc2)cc1. The van der Waals surface area contributed by atoms with Crippen molar-refractivity contribution >= 4 is 17.5 Å². The van der Waals surface area contributed by atoms with E-state index in [1.54, 1.807) is 4.90 Å². The third-order valence-electron chi connectivity index (χ3n) is 5.87. The second kappa shape index (κ2) is 8.15. The number of nitrogens with zero attached hydrogens (tertiary/aromatic N) is 1. The number of hydrogen-bond acceptors (Lipinski definition) is 2. The average Bonchev–Trinajstić information content (AvgIpc) is 2.78. The molecule has 1 heterocycles. The summed E-state index contributed by atoms with van der Waals surface area (Å²) in [5.74, 6) is -0.299. The first kappa shape index (κ1) is 19.9. The Bertz CT molecular complexity index is 1060. The van der Waals surface area contributed by atoms with Crippen LogP contribution in [-0.2, 0) is 24.2 Å². The normalized spacial score (nSPS) is 18.1. The van der Waals surface area contributed by atoms with Gasteiger partial charge >= 0.3 is 0 Å². The van der Waals surface area contributed by atoms with E-state index in [1.165, 1.54) is 5.56 Å². The zero-order valence-corrected chi connectivity index (χ0v) is 17.4. The highest BCUT2D eigenvalue weighted by Crippen LogP contribution is 2.35. The van der Waals surface area contributed by atoms with Gasteiger partial charge in [0.05, 0.1) is 0 Å². The maximum atomic E-state index is 13.5. The Kier molecular flexibility index (Phi) is 5.40. The molecule has 0 saturated carbocycles. The summed E-state index contributed by atoms with van der Waals surface area (Å²) in [5.41, 5.74) is 3.50.